The third-order valence-corrected chi connectivity index (χ3v) is 4.04. The number of nitrogens with zero attached hydrogens (tertiary/aromatic N) is 1. The van der Waals surface area contributed by atoms with Gasteiger partial charge in [-0.25, -0.2) is 0 Å². The summed E-state index contributed by atoms with van der Waals surface area (Å²) in [5.41, 5.74) is 2.79. The molecule has 4 nitrogen and oxygen atoms in total. The Hall–Kier alpha value is -2.85. The lowest BCUT2D eigenvalue weighted by Crippen LogP contribution is -2.33. The Labute approximate surface area is 147 Å². The molecule has 0 unspecified atom stereocenters. The molecular formula is C21H21NO3. The summed E-state index contributed by atoms with van der Waals surface area (Å²) in [5.74, 6) is 0.0771. The molecule has 4 heteroatoms. The van der Waals surface area contributed by atoms with Crippen molar-refractivity contribution in [2.75, 3.05) is 19.7 Å². The van der Waals surface area contributed by atoms with Crippen molar-refractivity contribution in [1.82, 2.24) is 4.90 Å². The van der Waals surface area contributed by atoms with Gasteiger partial charge < -0.3 is 14.4 Å². The minimum Gasteiger partial charge on any atom is -0.451 e. The predicted octanol–water partition coefficient (Wildman–Crippen LogP) is 3.89. The number of hydrogen-bond acceptors (Lipinski definition) is 3. The first-order valence-corrected chi connectivity index (χ1v) is 8.30. The maximum atomic E-state index is 12.7. The molecule has 0 atom stereocenters. The summed E-state index contributed by atoms with van der Waals surface area (Å²) in [6.07, 6.45) is 3.87. The van der Waals surface area contributed by atoms with Gasteiger partial charge in [0.25, 0.3) is 5.91 Å². The van der Waals surface area contributed by atoms with Crippen LogP contribution in [0.5, 0.6) is 0 Å². The summed E-state index contributed by atoms with van der Waals surface area (Å²) in [7, 11) is 0. The van der Waals surface area contributed by atoms with Gasteiger partial charge in [0.1, 0.15) is 5.58 Å². The highest BCUT2D eigenvalue weighted by Gasteiger charge is 2.19. The van der Waals surface area contributed by atoms with Crippen molar-refractivity contribution in [2.24, 2.45) is 0 Å². The molecule has 3 aromatic rings. The quantitative estimate of drug-likeness (QED) is 0.743. The fourth-order valence-corrected chi connectivity index (χ4v) is 2.75. The lowest BCUT2D eigenvalue weighted by molar-refractivity contribution is 0.0714. The third kappa shape index (κ3) is 3.98. The van der Waals surface area contributed by atoms with E-state index in [-0.39, 0.29) is 19.1 Å². The van der Waals surface area contributed by atoms with Crippen LogP contribution < -0.4 is 0 Å². The number of rotatable bonds is 6. The van der Waals surface area contributed by atoms with Crippen molar-refractivity contribution < 1.29 is 14.3 Å². The van der Waals surface area contributed by atoms with Crippen LogP contribution in [0.4, 0.5) is 0 Å². The van der Waals surface area contributed by atoms with E-state index in [1.54, 1.807) is 11.0 Å². The van der Waals surface area contributed by atoms with Crippen molar-refractivity contribution in [3.8, 4) is 0 Å². The Morgan fingerprint density at radius 3 is 2.68 bits per heavy atom. The van der Waals surface area contributed by atoms with Crippen molar-refractivity contribution in [2.45, 2.75) is 6.92 Å². The van der Waals surface area contributed by atoms with Crippen LogP contribution in [0, 0.1) is 6.92 Å². The molecule has 25 heavy (non-hydrogen) atoms. The average Bonchev–Trinajstić information content (AvgIpc) is 3.07. The number of aryl methyl sites for hydroxylation is 1. The second-order valence-electron chi connectivity index (χ2n) is 5.89. The van der Waals surface area contributed by atoms with Crippen molar-refractivity contribution in [3.63, 3.8) is 0 Å². The molecule has 0 radical (unpaired) electrons. The Morgan fingerprint density at radius 1 is 1.16 bits per heavy atom. The zero-order chi connectivity index (χ0) is 17.6. The van der Waals surface area contributed by atoms with Gasteiger partial charge in [0.2, 0.25) is 0 Å². The van der Waals surface area contributed by atoms with Gasteiger partial charge in [-0.1, -0.05) is 60.7 Å². The van der Waals surface area contributed by atoms with E-state index >= 15 is 0 Å². The maximum Gasteiger partial charge on any atom is 0.289 e. The molecule has 2 aromatic carbocycles. The molecule has 1 amide bonds. The lowest BCUT2D eigenvalue weighted by atomic mass is 10.2. The van der Waals surface area contributed by atoms with Crippen LogP contribution in [0.25, 0.3) is 17.0 Å². The van der Waals surface area contributed by atoms with E-state index in [2.05, 4.69) is 0 Å². The lowest BCUT2D eigenvalue weighted by Gasteiger charge is -2.18. The number of carbonyl (C=O) groups is 1. The number of para-hydroxylation sites is 1. The van der Waals surface area contributed by atoms with E-state index in [0.29, 0.717) is 12.3 Å². The van der Waals surface area contributed by atoms with Crippen LogP contribution in [0.1, 0.15) is 21.7 Å². The zero-order valence-corrected chi connectivity index (χ0v) is 14.2. The monoisotopic (exact) mass is 335 g/mol. The van der Waals surface area contributed by atoms with Crippen molar-refractivity contribution in [1.29, 1.82) is 0 Å². The average molecular weight is 335 g/mol. The highest BCUT2D eigenvalue weighted by molar-refractivity contribution is 5.96. The number of carbonyl (C=O) groups excluding carboxylic acids is 1. The molecule has 0 aliphatic carbocycles. The molecule has 0 bridgehead atoms. The van der Waals surface area contributed by atoms with Gasteiger partial charge in [0.05, 0.1) is 6.61 Å². The Balaban J connectivity index is 1.77. The van der Waals surface area contributed by atoms with E-state index in [1.165, 1.54) is 0 Å². The van der Waals surface area contributed by atoms with Gasteiger partial charge in [-0.05, 0) is 24.1 Å². The number of benzene rings is 2. The Bertz CT molecular complexity index is 881. The first-order valence-electron chi connectivity index (χ1n) is 8.30. The summed E-state index contributed by atoms with van der Waals surface area (Å²) in [6.45, 7) is 2.52. The van der Waals surface area contributed by atoms with E-state index in [4.69, 9.17) is 4.42 Å². The first kappa shape index (κ1) is 17.0. The van der Waals surface area contributed by atoms with Gasteiger partial charge in [-0.15, -0.1) is 0 Å². The topological polar surface area (TPSA) is 53.7 Å². The molecular weight excluding hydrogens is 314 g/mol. The minimum absolute atomic E-state index is 0.0931. The van der Waals surface area contributed by atoms with Crippen molar-refractivity contribution >= 4 is 23.0 Å². The molecule has 0 saturated carbocycles. The largest absolute Gasteiger partial charge is 0.451 e. The van der Waals surface area contributed by atoms with Gasteiger partial charge in [-0.2, -0.15) is 0 Å². The molecule has 128 valence electrons. The highest BCUT2D eigenvalue weighted by Crippen LogP contribution is 2.23. The number of fused-ring (bicyclic) bond motifs is 1. The first-order chi connectivity index (χ1) is 12.2. The number of amides is 1. The van der Waals surface area contributed by atoms with Crippen LogP contribution in [0.15, 0.2) is 65.1 Å². The van der Waals surface area contributed by atoms with Crippen LogP contribution in [0.3, 0.4) is 0 Å². The normalized spacial score (nSPS) is 11.3. The van der Waals surface area contributed by atoms with Gasteiger partial charge in [-0.3, -0.25) is 4.79 Å². The molecule has 1 heterocycles. The molecule has 0 aliphatic rings. The van der Waals surface area contributed by atoms with Gasteiger partial charge in [0, 0.05) is 18.5 Å². The third-order valence-electron chi connectivity index (χ3n) is 4.04. The smallest absolute Gasteiger partial charge is 0.289 e. The summed E-state index contributed by atoms with van der Waals surface area (Å²) in [5, 5.41) is 10.2. The molecule has 0 fully saturated rings. The number of hydrogen-bond donors (Lipinski definition) is 1. The summed E-state index contributed by atoms with van der Waals surface area (Å²) in [6, 6.07) is 17.5. The SMILES string of the molecule is Cc1cccc2cc(C(=O)N(CC=Cc3ccccc3)CCO)oc12. The van der Waals surface area contributed by atoms with Crippen LogP contribution in [-0.4, -0.2) is 35.6 Å². The number of aliphatic hydroxyl groups is 1. The molecule has 3 rings (SSSR count). The maximum absolute atomic E-state index is 12.7. The predicted molar refractivity (Wildman–Crippen MR) is 99.4 cm³/mol. The van der Waals surface area contributed by atoms with E-state index in [9.17, 15) is 9.90 Å². The molecule has 1 N–H and O–H groups in total. The molecule has 0 aliphatic heterocycles. The highest BCUT2D eigenvalue weighted by atomic mass is 16.3. The van der Waals surface area contributed by atoms with E-state index < -0.39 is 0 Å². The fourth-order valence-electron chi connectivity index (χ4n) is 2.75. The Kier molecular flexibility index (Phi) is 5.31. The number of aliphatic hydroxyl groups excluding tert-OH is 1. The second kappa shape index (κ2) is 7.81. The van der Waals surface area contributed by atoms with Gasteiger partial charge in [0.15, 0.2) is 5.76 Å². The van der Waals surface area contributed by atoms with Gasteiger partial charge >= 0.3 is 0 Å². The summed E-state index contributed by atoms with van der Waals surface area (Å²) in [4.78, 5) is 14.3. The summed E-state index contributed by atoms with van der Waals surface area (Å²) < 4.78 is 5.76. The molecule has 0 spiro atoms. The fraction of sp³-hybridized carbons (Fsp3) is 0.190. The zero-order valence-electron chi connectivity index (χ0n) is 14.2. The Morgan fingerprint density at radius 2 is 1.96 bits per heavy atom. The van der Waals surface area contributed by atoms with Crippen LogP contribution in [0.2, 0.25) is 0 Å². The van der Waals surface area contributed by atoms with E-state index in [0.717, 1.165) is 22.1 Å². The van der Waals surface area contributed by atoms with Crippen LogP contribution in [-0.2, 0) is 0 Å². The standard InChI is InChI=1S/C21H21NO3/c1-16-7-5-11-18-15-19(25-20(16)18)21(24)22(13-14-23)12-6-10-17-8-3-2-4-9-17/h2-11,15,23H,12-14H2,1H3. The second-order valence-corrected chi connectivity index (χ2v) is 5.89. The molecule has 1 aromatic heterocycles. The minimum atomic E-state index is -0.220. The van der Waals surface area contributed by atoms with Crippen molar-refractivity contribution in [3.05, 3.63) is 77.6 Å². The summed E-state index contributed by atoms with van der Waals surface area (Å²) >= 11 is 0. The number of furan rings is 1. The molecule has 0 saturated heterocycles. The van der Waals surface area contributed by atoms with Crippen LogP contribution >= 0.6 is 0 Å². The van der Waals surface area contributed by atoms with E-state index in [1.807, 2.05) is 67.6 Å².